The molecule has 3 aliphatic rings. The quantitative estimate of drug-likeness (QED) is 0.532. The number of ether oxygens (including phenoxy) is 1. The molecule has 0 aromatic heterocycles. The molecule has 3 fully saturated rings. The number of carbonyl (C=O) groups excluding carboxylic acids is 1. The number of esters is 1. The summed E-state index contributed by atoms with van der Waals surface area (Å²) in [5.41, 5.74) is 0. The first kappa shape index (κ1) is 7.84. The Morgan fingerprint density at radius 2 is 2.08 bits per heavy atom. The maximum absolute atomic E-state index is 11.1. The first-order valence-corrected chi connectivity index (χ1v) is 5.41. The van der Waals surface area contributed by atoms with Gasteiger partial charge in [0.05, 0.1) is 6.61 Å². The molecule has 13 heavy (non-hydrogen) atoms. The van der Waals surface area contributed by atoms with Gasteiger partial charge in [-0.15, -0.1) is 0 Å². The van der Waals surface area contributed by atoms with Crippen molar-refractivity contribution in [2.24, 2.45) is 29.6 Å². The van der Waals surface area contributed by atoms with Gasteiger partial charge in [-0.2, -0.15) is 0 Å². The number of hydrogen-bond donors (Lipinski definition) is 0. The van der Waals surface area contributed by atoms with Crippen LogP contribution in [0.15, 0.2) is 0 Å². The van der Waals surface area contributed by atoms with Gasteiger partial charge in [0.15, 0.2) is 0 Å². The summed E-state index contributed by atoms with van der Waals surface area (Å²) in [5, 5.41) is 0. The normalized spacial score (nSPS) is 53.3. The summed E-state index contributed by atoms with van der Waals surface area (Å²) in [6, 6.07) is 0. The van der Waals surface area contributed by atoms with E-state index in [2.05, 4.69) is 6.92 Å². The van der Waals surface area contributed by atoms with E-state index in [4.69, 9.17) is 4.74 Å². The minimum absolute atomic E-state index is 0.0430. The fraction of sp³-hybridized carbons (Fsp3) is 0.909. The van der Waals surface area contributed by atoms with Crippen molar-refractivity contribution in [1.82, 2.24) is 0 Å². The van der Waals surface area contributed by atoms with Crippen LogP contribution in [0, 0.1) is 29.6 Å². The Labute approximate surface area is 78.6 Å². The van der Waals surface area contributed by atoms with E-state index >= 15 is 0 Å². The second kappa shape index (κ2) is 2.49. The molecule has 0 spiro atoms. The lowest BCUT2D eigenvalue weighted by molar-refractivity contribution is -0.155. The van der Waals surface area contributed by atoms with Crippen molar-refractivity contribution in [3.63, 3.8) is 0 Å². The SMILES string of the molecule is CC1CC2CC1C1COC(=O)CC21. The number of hydrogen-bond acceptors (Lipinski definition) is 2. The second-order valence-corrected chi connectivity index (χ2v) is 5.09. The predicted octanol–water partition coefficient (Wildman–Crippen LogP) is 1.84. The van der Waals surface area contributed by atoms with Crippen LogP contribution in [0.5, 0.6) is 0 Å². The van der Waals surface area contributed by atoms with Crippen LogP contribution in [0.25, 0.3) is 0 Å². The van der Waals surface area contributed by atoms with Crippen molar-refractivity contribution in [1.29, 1.82) is 0 Å². The van der Waals surface area contributed by atoms with Crippen LogP contribution in [0.3, 0.4) is 0 Å². The fourth-order valence-corrected chi connectivity index (χ4v) is 3.95. The van der Waals surface area contributed by atoms with E-state index in [0.717, 1.165) is 24.4 Å². The topological polar surface area (TPSA) is 26.3 Å². The highest BCUT2D eigenvalue weighted by atomic mass is 16.5. The Morgan fingerprint density at radius 3 is 2.92 bits per heavy atom. The molecule has 3 rings (SSSR count). The molecule has 2 heteroatoms. The van der Waals surface area contributed by atoms with Gasteiger partial charge in [0.1, 0.15) is 0 Å². The van der Waals surface area contributed by atoms with Crippen molar-refractivity contribution in [2.45, 2.75) is 26.2 Å². The molecule has 0 radical (unpaired) electrons. The minimum Gasteiger partial charge on any atom is -0.465 e. The number of cyclic esters (lactones) is 1. The van der Waals surface area contributed by atoms with Crippen molar-refractivity contribution in [2.75, 3.05) is 6.61 Å². The van der Waals surface area contributed by atoms with Crippen LogP contribution in [-0.2, 0) is 9.53 Å². The summed E-state index contributed by atoms with van der Waals surface area (Å²) >= 11 is 0. The number of carbonyl (C=O) groups is 1. The van der Waals surface area contributed by atoms with Crippen molar-refractivity contribution in [3.8, 4) is 0 Å². The molecule has 1 aliphatic heterocycles. The van der Waals surface area contributed by atoms with Crippen LogP contribution in [-0.4, -0.2) is 12.6 Å². The van der Waals surface area contributed by atoms with E-state index in [1.54, 1.807) is 0 Å². The van der Waals surface area contributed by atoms with Crippen LogP contribution < -0.4 is 0 Å². The van der Waals surface area contributed by atoms with E-state index in [-0.39, 0.29) is 5.97 Å². The summed E-state index contributed by atoms with van der Waals surface area (Å²) in [7, 11) is 0. The minimum atomic E-state index is 0.0430. The first-order chi connectivity index (χ1) is 6.25. The van der Waals surface area contributed by atoms with Crippen molar-refractivity contribution < 1.29 is 9.53 Å². The van der Waals surface area contributed by atoms with Crippen molar-refractivity contribution >= 4 is 5.97 Å². The van der Waals surface area contributed by atoms with Gasteiger partial charge in [-0.05, 0) is 42.4 Å². The zero-order chi connectivity index (χ0) is 9.00. The fourth-order valence-electron chi connectivity index (χ4n) is 3.95. The third kappa shape index (κ3) is 0.976. The highest BCUT2D eigenvalue weighted by Crippen LogP contribution is 2.57. The Balaban J connectivity index is 1.84. The van der Waals surface area contributed by atoms with Gasteiger partial charge in [0, 0.05) is 6.42 Å². The van der Waals surface area contributed by atoms with E-state index in [1.165, 1.54) is 12.8 Å². The lowest BCUT2D eigenvalue weighted by Gasteiger charge is -2.36. The molecule has 2 bridgehead atoms. The highest BCUT2D eigenvalue weighted by molar-refractivity contribution is 5.70. The molecule has 0 N–H and O–H groups in total. The summed E-state index contributed by atoms with van der Waals surface area (Å²) in [4.78, 5) is 11.1. The van der Waals surface area contributed by atoms with E-state index in [9.17, 15) is 4.79 Å². The molecule has 5 unspecified atom stereocenters. The molecule has 0 aromatic carbocycles. The van der Waals surface area contributed by atoms with Gasteiger partial charge in [0.25, 0.3) is 0 Å². The Hall–Kier alpha value is -0.530. The first-order valence-electron chi connectivity index (χ1n) is 5.41. The second-order valence-electron chi connectivity index (χ2n) is 5.09. The average Bonchev–Trinajstić information content (AvgIpc) is 2.61. The van der Waals surface area contributed by atoms with Crippen LogP contribution in [0.1, 0.15) is 26.2 Å². The lowest BCUT2D eigenvalue weighted by Crippen LogP contribution is -2.37. The van der Waals surface area contributed by atoms with Crippen LogP contribution >= 0.6 is 0 Å². The van der Waals surface area contributed by atoms with Gasteiger partial charge < -0.3 is 4.74 Å². The van der Waals surface area contributed by atoms with Gasteiger partial charge in [0.2, 0.25) is 0 Å². The van der Waals surface area contributed by atoms with Gasteiger partial charge in [-0.3, -0.25) is 4.79 Å². The summed E-state index contributed by atoms with van der Waals surface area (Å²) in [5.74, 6) is 4.03. The molecule has 1 heterocycles. The molecule has 0 amide bonds. The monoisotopic (exact) mass is 180 g/mol. The van der Waals surface area contributed by atoms with Crippen LogP contribution in [0.4, 0.5) is 0 Å². The summed E-state index contributed by atoms with van der Waals surface area (Å²) in [6.07, 6.45) is 3.44. The molecule has 5 atom stereocenters. The average molecular weight is 180 g/mol. The molecule has 2 aliphatic carbocycles. The summed E-state index contributed by atoms with van der Waals surface area (Å²) in [6.45, 7) is 3.08. The Kier molecular flexibility index (Phi) is 1.50. The van der Waals surface area contributed by atoms with E-state index in [0.29, 0.717) is 18.3 Å². The van der Waals surface area contributed by atoms with E-state index < -0.39 is 0 Å². The largest absolute Gasteiger partial charge is 0.465 e. The molecule has 1 saturated heterocycles. The molecular weight excluding hydrogens is 164 g/mol. The third-order valence-electron chi connectivity index (χ3n) is 4.52. The van der Waals surface area contributed by atoms with Gasteiger partial charge in [-0.1, -0.05) is 6.92 Å². The van der Waals surface area contributed by atoms with Crippen LogP contribution in [0.2, 0.25) is 0 Å². The Morgan fingerprint density at radius 1 is 1.23 bits per heavy atom. The maximum atomic E-state index is 11.1. The standard InChI is InChI=1S/C11H16O2/c1-6-2-7-3-8(6)10-5-13-11(12)4-9(7)10/h6-10H,2-5H2,1H3. The Bertz CT molecular complexity index is 248. The third-order valence-corrected chi connectivity index (χ3v) is 4.52. The summed E-state index contributed by atoms with van der Waals surface area (Å²) < 4.78 is 5.15. The zero-order valence-electron chi connectivity index (χ0n) is 8.03. The van der Waals surface area contributed by atoms with Gasteiger partial charge in [-0.25, -0.2) is 0 Å². The van der Waals surface area contributed by atoms with E-state index in [1.807, 2.05) is 0 Å². The zero-order valence-corrected chi connectivity index (χ0v) is 8.03. The molecule has 2 saturated carbocycles. The van der Waals surface area contributed by atoms with Crippen molar-refractivity contribution in [3.05, 3.63) is 0 Å². The molecule has 2 nitrogen and oxygen atoms in total. The maximum Gasteiger partial charge on any atom is 0.306 e. The lowest BCUT2D eigenvalue weighted by atomic mass is 9.73. The van der Waals surface area contributed by atoms with Gasteiger partial charge >= 0.3 is 5.97 Å². The highest BCUT2D eigenvalue weighted by Gasteiger charge is 2.53. The molecule has 0 aromatic rings. The molecular formula is C11H16O2. The smallest absolute Gasteiger partial charge is 0.306 e. The predicted molar refractivity (Wildman–Crippen MR) is 47.9 cm³/mol. The molecule has 72 valence electrons. The number of fused-ring (bicyclic) bond motifs is 5. The number of rotatable bonds is 0.